The summed E-state index contributed by atoms with van der Waals surface area (Å²) >= 11 is 0. The van der Waals surface area contributed by atoms with Gasteiger partial charge in [0, 0.05) is 89.0 Å². The summed E-state index contributed by atoms with van der Waals surface area (Å²) in [6.07, 6.45) is 6.55. The van der Waals surface area contributed by atoms with Crippen LogP contribution in [0.25, 0.3) is 0 Å². The van der Waals surface area contributed by atoms with Crippen LogP contribution in [0.5, 0.6) is 0 Å². The molecule has 4 aliphatic carbocycles. The van der Waals surface area contributed by atoms with Crippen LogP contribution in [-0.4, -0.2) is 8.07 Å². The lowest BCUT2D eigenvalue weighted by molar-refractivity contribution is -0.0691. The van der Waals surface area contributed by atoms with E-state index in [1.54, 1.807) is 0 Å². The summed E-state index contributed by atoms with van der Waals surface area (Å²) in [6, 6.07) is 154. The van der Waals surface area contributed by atoms with E-state index < -0.39 is 8.07 Å². The average Bonchev–Trinajstić information content (AvgIpc) is 0.663. The molecule has 16 aromatic carbocycles. The van der Waals surface area contributed by atoms with E-state index in [-0.39, 0.29) is 21.7 Å². The first-order chi connectivity index (χ1) is 60.7. The Labute approximate surface area is 726 Å². The second-order valence-electron chi connectivity index (χ2n) is 32.5. The molecule has 123 heavy (non-hydrogen) atoms. The average molecular weight is 1580 g/mol. The first-order valence-corrected chi connectivity index (χ1v) is 44.1. The van der Waals surface area contributed by atoms with Crippen LogP contribution in [-0.2, 0) is 21.7 Å². The molecule has 4 bridgehead atoms. The van der Waals surface area contributed by atoms with Crippen molar-refractivity contribution in [3.05, 3.63) is 548 Å². The molecule has 0 heterocycles. The molecule has 0 unspecified atom stereocenters. The second-order valence-corrected chi connectivity index (χ2v) is 36.3. The SMILES string of the molecule is C(#Cc1ccc(C23CC4(c5ccc(C#Cc6ccccc6)cc5)CC(c5ccc(C#Cc6ccccc6)cc5)(C2)CC(c2ccc(C#Cc5ccccc5)cc2)(C3)C4)cc1)c1ccccc1.C(#Cc1ccc([Si](c2ccc(C#Cc3ccccc3)cc2)(c2ccc(C#Cc3ccccc3)cc2)c2ccc(C#Cc3ccccc3)cc2)cc1)c1ccccc1. The van der Waals surface area contributed by atoms with Crippen molar-refractivity contribution in [2.75, 3.05) is 0 Å². The molecule has 4 fully saturated rings. The van der Waals surface area contributed by atoms with Gasteiger partial charge in [-0.3, -0.25) is 0 Å². The van der Waals surface area contributed by atoms with Gasteiger partial charge in [0.1, 0.15) is 0 Å². The van der Waals surface area contributed by atoms with Gasteiger partial charge in [0.05, 0.1) is 0 Å². The van der Waals surface area contributed by atoms with E-state index in [0.717, 1.165) is 128 Å². The van der Waals surface area contributed by atoms with Gasteiger partial charge in [-0.05, 0) is 297 Å². The van der Waals surface area contributed by atoms with Crippen LogP contribution in [0.4, 0.5) is 0 Å². The molecule has 4 saturated carbocycles. The Bertz CT molecular complexity index is 6050. The van der Waals surface area contributed by atoms with Gasteiger partial charge in [-0.15, -0.1) is 0 Å². The van der Waals surface area contributed by atoms with Crippen molar-refractivity contribution in [2.45, 2.75) is 60.2 Å². The lowest BCUT2D eigenvalue weighted by atomic mass is 9.32. The third-order valence-corrected chi connectivity index (χ3v) is 29.1. The summed E-state index contributed by atoms with van der Waals surface area (Å²) in [7, 11) is -2.93. The Kier molecular flexibility index (Phi) is 23.1. The highest BCUT2D eigenvalue weighted by molar-refractivity contribution is 7.19. The van der Waals surface area contributed by atoms with Crippen LogP contribution in [0.15, 0.2) is 437 Å². The van der Waals surface area contributed by atoms with Crippen LogP contribution in [0, 0.1) is 94.7 Å². The van der Waals surface area contributed by atoms with Crippen molar-refractivity contribution in [3.8, 4) is 94.7 Å². The third kappa shape index (κ3) is 18.1. The van der Waals surface area contributed by atoms with Crippen LogP contribution in [0.3, 0.4) is 0 Å². The molecule has 0 atom stereocenters. The van der Waals surface area contributed by atoms with Crippen LogP contribution >= 0.6 is 0 Å². The highest BCUT2D eigenvalue weighted by atomic mass is 28.3. The van der Waals surface area contributed by atoms with Crippen molar-refractivity contribution in [3.63, 3.8) is 0 Å². The van der Waals surface area contributed by atoms with Crippen molar-refractivity contribution in [1.82, 2.24) is 0 Å². The van der Waals surface area contributed by atoms with E-state index in [9.17, 15) is 0 Å². The summed E-state index contributed by atoms with van der Waals surface area (Å²) in [5.41, 5.74) is 21.5. The third-order valence-electron chi connectivity index (χ3n) is 24.3. The van der Waals surface area contributed by atoms with E-state index >= 15 is 0 Å². The molecule has 0 spiro atoms. The molecule has 0 nitrogen and oxygen atoms in total. The maximum atomic E-state index is 3.46. The molecule has 0 aliphatic heterocycles. The number of hydrogen-bond donors (Lipinski definition) is 0. The minimum Gasteiger partial charge on any atom is -0.0622 e. The summed E-state index contributed by atoms with van der Waals surface area (Å²) in [5, 5.41) is 5.01. The van der Waals surface area contributed by atoms with E-state index in [2.05, 4.69) is 337 Å². The van der Waals surface area contributed by atoms with Crippen molar-refractivity contribution in [1.29, 1.82) is 0 Å². The van der Waals surface area contributed by atoms with Gasteiger partial charge in [-0.25, -0.2) is 0 Å². The van der Waals surface area contributed by atoms with Crippen molar-refractivity contribution < 1.29 is 0 Å². The van der Waals surface area contributed by atoms with Gasteiger partial charge in [0.2, 0.25) is 0 Å². The van der Waals surface area contributed by atoms with Gasteiger partial charge in [0.25, 0.3) is 0 Å². The molecule has 1 heteroatoms. The van der Waals surface area contributed by atoms with Gasteiger partial charge in [-0.2, -0.15) is 0 Å². The van der Waals surface area contributed by atoms with Crippen LogP contribution in [0.1, 0.15) is 150 Å². The normalized spacial score (nSPS) is 16.5. The Balaban J connectivity index is 0.000000170. The van der Waals surface area contributed by atoms with E-state index in [4.69, 9.17) is 0 Å². The molecule has 0 aromatic heterocycles. The molecular formula is C122H84Si. The Morgan fingerprint density at radius 3 is 0.350 bits per heavy atom. The summed E-state index contributed by atoms with van der Waals surface area (Å²) in [6.45, 7) is 0. The monoisotopic (exact) mass is 1580 g/mol. The van der Waals surface area contributed by atoms with E-state index in [1.807, 2.05) is 194 Å². The number of rotatable bonds is 8. The first-order valence-electron chi connectivity index (χ1n) is 42.1. The fourth-order valence-electron chi connectivity index (χ4n) is 19.0. The molecule has 0 radical (unpaired) electrons. The smallest absolute Gasteiger partial charge is 0.0622 e. The Morgan fingerprint density at radius 2 is 0.228 bits per heavy atom. The summed E-state index contributed by atoms with van der Waals surface area (Å²) < 4.78 is 0. The fraction of sp³-hybridized carbons (Fsp3) is 0.0820. The predicted molar refractivity (Wildman–Crippen MR) is 510 cm³/mol. The molecule has 0 amide bonds. The van der Waals surface area contributed by atoms with Gasteiger partial charge >= 0.3 is 0 Å². The Hall–Kier alpha value is -15.8. The fourth-order valence-corrected chi connectivity index (χ4v) is 23.7. The van der Waals surface area contributed by atoms with Gasteiger partial charge in [0.15, 0.2) is 8.07 Å². The van der Waals surface area contributed by atoms with Crippen molar-refractivity contribution >= 4 is 28.8 Å². The minimum atomic E-state index is -2.93. The largest absolute Gasteiger partial charge is 0.179 e. The Morgan fingerprint density at radius 1 is 0.122 bits per heavy atom. The maximum absolute atomic E-state index is 3.46. The molecule has 16 aromatic rings. The van der Waals surface area contributed by atoms with Gasteiger partial charge in [-0.1, -0.05) is 337 Å². The predicted octanol–water partition coefficient (Wildman–Crippen LogP) is 22.4. The van der Waals surface area contributed by atoms with Crippen LogP contribution in [0.2, 0.25) is 0 Å². The molecule has 0 saturated heterocycles. The molecule has 0 N–H and O–H groups in total. The standard InChI is InChI=1S/C66H48.C56H36Si/c1-5-13-51(14-6-1)21-25-55-29-37-59(38-30-55)63-45-64(60-39-31-56(32-40-60)26-22-52-15-7-2-8-16-52)48-65(46-63,61-41-33-57(34-42-61)27-23-53-17-9-3-10-18-53)50-66(47-63,49-64)62-43-35-58(36-44-62)28-24-54-19-11-4-12-20-54;1-5-13-45(14-6-1)21-25-49-29-37-53(38-30-49)57(54-39-31-50(32-40-54)26-22-46-15-7-2-8-16-46,55-41-33-51(34-42-55)27-23-47-17-9-3-10-18-47)56-43-35-52(36-44-56)28-24-48-19-11-4-12-20-48/h1-20,29-44H,45-50H2;1-20,29-44H. The zero-order chi connectivity index (χ0) is 82.8. The number of benzene rings is 16. The highest BCUT2D eigenvalue weighted by Gasteiger charge is 2.69. The molecule has 576 valence electrons. The maximum Gasteiger partial charge on any atom is 0.179 e. The zero-order valence-corrected chi connectivity index (χ0v) is 69.3. The lowest BCUT2D eigenvalue weighted by Gasteiger charge is -2.71. The first kappa shape index (κ1) is 78.4. The molecule has 20 rings (SSSR count). The highest BCUT2D eigenvalue weighted by Crippen LogP contribution is 2.75. The second kappa shape index (κ2) is 36.2. The zero-order valence-electron chi connectivity index (χ0n) is 68.3. The van der Waals surface area contributed by atoms with Crippen molar-refractivity contribution in [2.24, 2.45) is 0 Å². The minimum absolute atomic E-state index is 0.0799. The number of hydrogen-bond acceptors (Lipinski definition) is 0. The van der Waals surface area contributed by atoms with E-state index in [0.29, 0.717) is 0 Å². The molecule has 4 aliphatic rings. The van der Waals surface area contributed by atoms with Crippen LogP contribution < -0.4 is 20.7 Å². The topological polar surface area (TPSA) is 0 Å². The molecular weight excluding hydrogens is 1490 g/mol. The summed E-state index contributed by atoms with van der Waals surface area (Å²) in [5.74, 6) is 54.2. The van der Waals surface area contributed by atoms with Gasteiger partial charge < -0.3 is 0 Å². The summed E-state index contributed by atoms with van der Waals surface area (Å²) in [4.78, 5) is 0. The van der Waals surface area contributed by atoms with E-state index in [1.165, 1.54) is 43.0 Å². The lowest BCUT2D eigenvalue weighted by Crippen LogP contribution is -2.74. The quantitative estimate of drug-likeness (QED) is 0.0808.